The topological polar surface area (TPSA) is 53.9 Å². The van der Waals surface area contributed by atoms with Crippen molar-refractivity contribution in [2.75, 3.05) is 37.6 Å². The maximum Gasteiger partial charge on any atom is 0.275 e. The zero-order valence-electron chi connectivity index (χ0n) is 14.7. The number of anilines is 1. The molecular formula is C19H28N3O2+. The summed E-state index contributed by atoms with van der Waals surface area (Å²) in [6.07, 6.45) is 2.52. The van der Waals surface area contributed by atoms with Gasteiger partial charge < -0.3 is 15.1 Å². The van der Waals surface area contributed by atoms with Gasteiger partial charge in [0.25, 0.3) is 5.91 Å². The second-order valence-electron chi connectivity index (χ2n) is 7.21. The summed E-state index contributed by atoms with van der Waals surface area (Å²) in [4.78, 5) is 27.2. The van der Waals surface area contributed by atoms with Gasteiger partial charge in [0.2, 0.25) is 0 Å². The number of quaternary nitrogens is 1. The van der Waals surface area contributed by atoms with Crippen molar-refractivity contribution in [3.63, 3.8) is 0 Å². The predicted octanol–water partition coefficient (Wildman–Crippen LogP) is 0.509. The molecule has 2 fully saturated rings. The lowest BCUT2D eigenvalue weighted by atomic mass is 10.1. The fourth-order valence-electron chi connectivity index (χ4n) is 3.41. The smallest absolute Gasteiger partial charge is 0.275 e. The monoisotopic (exact) mass is 330 g/mol. The molecule has 1 aliphatic carbocycles. The Morgan fingerprint density at radius 2 is 1.83 bits per heavy atom. The molecule has 0 aromatic heterocycles. The molecule has 1 saturated heterocycles. The highest BCUT2D eigenvalue weighted by molar-refractivity contribution is 5.94. The molecule has 0 radical (unpaired) electrons. The molecule has 5 heteroatoms. The highest BCUT2D eigenvalue weighted by atomic mass is 16.2. The zero-order chi connectivity index (χ0) is 17.1. The van der Waals surface area contributed by atoms with Crippen LogP contribution in [0, 0.1) is 5.92 Å². The highest BCUT2D eigenvalue weighted by Crippen LogP contribution is 2.32. The number of benzene rings is 1. The van der Waals surface area contributed by atoms with E-state index in [4.69, 9.17) is 0 Å². The lowest BCUT2D eigenvalue weighted by molar-refractivity contribution is -0.892. The normalized spacial score (nSPS) is 19.8. The molecule has 1 aromatic rings. The maximum atomic E-state index is 12.1. The van der Waals surface area contributed by atoms with E-state index in [9.17, 15) is 9.59 Å². The number of Topliss-reactive ketones (excluding diaryl/α,β-unsaturated/α-hetero) is 1. The molecule has 1 saturated carbocycles. The molecule has 1 aliphatic heterocycles. The summed E-state index contributed by atoms with van der Waals surface area (Å²) in [5.41, 5.74) is 1.91. The third-order valence-electron chi connectivity index (χ3n) is 5.24. The Hall–Kier alpha value is -1.88. The van der Waals surface area contributed by atoms with Crippen LogP contribution in [0.25, 0.3) is 0 Å². The summed E-state index contributed by atoms with van der Waals surface area (Å²) in [5.74, 6) is 0.990. The molecule has 1 aromatic carbocycles. The quantitative estimate of drug-likeness (QED) is 0.747. The average molecular weight is 330 g/mol. The van der Waals surface area contributed by atoms with Gasteiger partial charge in [-0.15, -0.1) is 0 Å². The number of amides is 1. The fraction of sp³-hybridized carbons (Fsp3) is 0.579. The van der Waals surface area contributed by atoms with Crippen LogP contribution >= 0.6 is 0 Å². The van der Waals surface area contributed by atoms with Crippen LogP contribution in [0.2, 0.25) is 0 Å². The Morgan fingerprint density at radius 1 is 1.21 bits per heavy atom. The second-order valence-corrected chi connectivity index (χ2v) is 7.21. The highest BCUT2D eigenvalue weighted by Gasteiger charge is 2.30. The minimum absolute atomic E-state index is 0.0993. The molecule has 0 bridgehead atoms. The van der Waals surface area contributed by atoms with Gasteiger partial charge in [-0.2, -0.15) is 0 Å². The number of nitrogens with one attached hydrogen (secondary N) is 2. The molecule has 1 heterocycles. The van der Waals surface area contributed by atoms with Crippen LogP contribution in [-0.4, -0.2) is 50.5 Å². The Labute approximate surface area is 144 Å². The van der Waals surface area contributed by atoms with Crippen LogP contribution in [0.4, 0.5) is 5.69 Å². The van der Waals surface area contributed by atoms with Gasteiger partial charge in [-0.3, -0.25) is 9.59 Å². The molecule has 130 valence electrons. The number of carbonyl (C=O) groups excluding carboxylic acids is 2. The number of piperazine rings is 1. The van der Waals surface area contributed by atoms with Crippen molar-refractivity contribution in [2.24, 2.45) is 5.92 Å². The third kappa shape index (κ3) is 4.35. The first-order valence-corrected chi connectivity index (χ1v) is 9.02. The lowest BCUT2D eigenvalue weighted by Crippen LogP contribution is -3.16. The van der Waals surface area contributed by atoms with Crippen LogP contribution in [-0.2, 0) is 4.79 Å². The van der Waals surface area contributed by atoms with Crippen molar-refractivity contribution in [1.29, 1.82) is 0 Å². The first-order valence-electron chi connectivity index (χ1n) is 9.02. The van der Waals surface area contributed by atoms with E-state index in [2.05, 4.69) is 17.1 Å². The van der Waals surface area contributed by atoms with Gasteiger partial charge in [0.15, 0.2) is 12.3 Å². The van der Waals surface area contributed by atoms with Crippen LogP contribution in [0.5, 0.6) is 0 Å². The lowest BCUT2D eigenvalue weighted by Gasteiger charge is -2.33. The van der Waals surface area contributed by atoms with Crippen molar-refractivity contribution in [3.05, 3.63) is 29.8 Å². The average Bonchev–Trinajstić information content (AvgIpc) is 3.40. The van der Waals surface area contributed by atoms with Crippen LogP contribution in [0.15, 0.2) is 24.3 Å². The molecule has 24 heavy (non-hydrogen) atoms. The maximum absolute atomic E-state index is 12.1. The Bertz CT molecular complexity index is 587. The SMILES string of the molecule is CC(=O)c1ccc(N2CC[NH+](CC(=O)N[C@@H](C)C3CC3)CC2)cc1. The molecular weight excluding hydrogens is 302 g/mol. The number of ketones is 1. The van der Waals surface area contributed by atoms with Crippen LogP contribution < -0.4 is 15.1 Å². The molecule has 0 spiro atoms. The van der Waals surface area contributed by atoms with Gasteiger partial charge in [0, 0.05) is 17.3 Å². The van der Waals surface area contributed by atoms with E-state index in [0.29, 0.717) is 18.5 Å². The molecule has 1 amide bonds. The van der Waals surface area contributed by atoms with E-state index in [-0.39, 0.29) is 11.7 Å². The first-order chi connectivity index (χ1) is 11.5. The number of rotatable bonds is 6. The molecule has 2 N–H and O–H groups in total. The minimum atomic E-state index is 0.0993. The summed E-state index contributed by atoms with van der Waals surface area (Å²) < 4.78 is 0. The van der Waals surface area contributed by atoms with E-state index in [1.165, 1.54) is 17.7 Å². The standard InChI is InChI=1S/C19H27N3O2/c1-14(16-3-4-16)20-19(24)13-21-9-11-22(12-10-21)18-7-5-17(6-8-18)15(2)23/h5-8,14,16H,3-4,9-13H2,1-2H3,(H,20,24)/p+1/t14-/m0/s1. The zero-order valence-corrected chi connectivity index (χ0v) is 14.7. The molecule has 2 aliphatic rings. The summed E-state index contributed by atoms with van der Waals surface area (Å²) >= 11 is 0. The van der Waals surface area contributed by atoms with Crippen LogP contribution in [0.3, 0.4) is 0 Å². The predicted molar refractivity (Wildman–Crippen MR) is 94.6 cm³/mol. The van der Waals surface area contributed by atoms with Gasteiger partial charge >= 0.3 is 0 Å². The van der Waals surface area contributed by atoms with E-state index in [1.807, 2.05) is 24.3 Å². The number of hydrogen-bond donors (Lipinski definition) is 2. The summed E-state index contributed by atoms with van der Waals surface area (Å²) in [7, 11) is 0. The molecule has 3 rings (SSSR count). The van der Waals surface area contributed by atoms with Gasteiger partial charge in [0.05, 0.1) is 26.2 Å². The van der Waals surface area contributed by atoms with E-state index in [1.54, 1.807) is 6.92 Å². The van der Waals surface area contributed by atoms with Gasteiger partial charge in [0.1, 0.15) is 0 Å². The number of hydrogen-bond acceptors (Lipinski definition) is 3. The summed E-state index contributed by atoms with van der Waals surface area (Å²) in [6, 6.07) is 8.16. The Kier molecular flexibility index (Phi) is 5.19. The van der Waals surface area contributed by atoms with Crippen molar-refractivity contribution in [2.45, 2.75) is 32.7 Å². The second kappa shape index (κ2) is 7.34. The molecule has 0 unspecified atom stereocenters. The van der Waals surface area contributed by atoms with Gasteiger partial charge in [-0.05, 0) is 56.9 Å². The van der Waals surface area contributed by atoms with Crippen molar-refractivity contribution in [3.8, 4) is 0 Å². The van der Waals surface area contributed by atoms with E-state index in [0.717, 1.165) is 37.4 Å². The molecule has 5 nitrogen and oxygen atoms in total. The largest absolute Gasteiger partial charge is 0.360 e. The van der Waals surface area contributed by atoms with Gasteiger partial charge in [-0.1, -0.05) is 0 Å². The fourth-order valence-corrected chi connectivity index (χ4v) is 3.41. The van der Waals surface area contributed by atoms with Crippen molar-refractivity contribution in [1.82, 2.24) is 5.32 Å². The van der Waals surface area contributed by atoms with Gasteiger partial charge in [-0.25, -0.2) is 0 Å². The third-order valence-corrected chi connectivity index (χ3v) is 5.24. The minimum Gasteiger partial charge on any atom is -0.360 e. The summed E-state index contributed by atoms with van der Waals surface area (Å²) in [6.45, 7) is 8.12. The first kappa shape index (κ1) is 17.0. The van der Waals surface area contributed by atoms with Crippen molar-refractivity contribution >= 4 is 17.4 Å². The summed E-state index contributed by atoms with van der Waals surface area (Å²) in [5, 5.41) is 3.14. The molecule has 1 atom stereocenters. The Morgan fingerprint density at radius 3 is 2.38 bits per heavy atom. The van der Waals surface area contributed by atoms with E-state index >= 15 is 0 Å². The number of carbonyl (C=O) groups is 2. The van der Waals surface area contributed by atoms with E-state index < -0.39 is 0 Å². The number of nitrogens with zero attached hydrogens (tertiary/aromatic N) is 1. The van der Waals surface area contributed by atoms with Crippen LogP contribution in [0.1, 0.15) is 37.0 Å². The van der Waals surface area contributed by atoms with Crippen molar-refractivity contribution < 1.29 is 14.5 Å². The Balaban J connectivity index is 1.44.